The number of carbonyl (C=O) groups excluding carboxylic acids is 1. The van der Waals surface area contributed by atoms with Crippen molar-refractivity contribution in [3.05, 3.63) is 57.6 Å². The summed E-state index contributed by atoms with van der Waals surface area (Å²) in [5, 5.41) is 0.626. The van der Waals surface area contributed by atoms with Crippen LogP contribution in [0.4, 0.5) is 8.78 Å². The minimum atomic E-state index is -1.14. The molecule has 104 valence electrons. The standard InChI is InChI=1S/C14H8Cl2F2O2/c1-20-14(19)11-6-13(18)12(17)5-10(11)7-2-8(15)4-9(16)3-7/h2-6H,1H3. The Labute approximate surface area is 123 Å². The summed E-state index contributed by atoms with van der Waals surface area (Å²) in [6.45, 7) is 0. The van der Waals surface area contributed by atoms with Gasteiger partial charge in [-0.15, -0.1) is 0 Å². The van der Waals surface area contributed by atoms with Gasteiger partial charge in [0.2, 0.25) is 0 Å². The van der Waals surface area contributed by atoms with Crippen LogP contribution in [0.1, 0.15) is 10.4 Å². The first-order chi connectivity index (χ1) is 9.42. The second-order valence-corrected chi connectivity index (χ2v) is 4.83. The van der Waals surface area contributed by atoms with E-state index < -0.39 is 17.6 Å². The fourth-order valence-electron chi connectivity index (χ4n) is 1.77. The summed E-state index contributed by atoms with van der Waals surface area (Å²) in [6, 6.07) is 6.16. The molecule has 0 aliphatic carbocycles. The third-order valence-corrected chi connectivity index (χ3v) is 3.08. The van der Waals surface area contributed by atoms with Gasteiger partial charge in [0, 0.05) is 10.0 Å². The highest BCUT2D eigenvalue weighted by Crippen LogP contribution is 2.31. The van der Waals surface area contributed by atoms with Gasteiger partial charge in [-0.1, -0.05) is 23.2 Å². The molecule has 2 aromatic carbocycles. The van der Waals surface area contributed by atoms with Crippen molar-refractivity contribution in [1.29, 1.82) is 0 Å². The van der Waals surface area contributed by atoms with E-state index in [1.165, 1.54) is 18.2 Å². The Balaban J connectivity index is 2.71. The third-order valence-electron chi connectivity index (χ3n) is 2.64. The van der Waals surface area contributed by atoms with Crippen molar-refractivity contribution < 1.29 is 18.3 Å². The summed E-state index contributed by atoms with van der Waals surface area (Å²) in [6.07, 6.45) is 0. The van der Waals surface area contributed by atoms with Gasteiger partial charge in [-0.3, -0.25) is 0 Å². The lowest BCUT2D eigenvalue weighted by atomic mass is 9.99. The Morgan fingerprint density at radius 1 is 1.00 bits per heavy atom. The number of halogens is 4. The molecule has 0 amide bonds. The molecule has 0 unspecified atom stereocenters. The van der Waals surface area contributed by atoms with Crippen molar-refractivity contribution in [3.8, 4) is 11.1 Å². The molecule has 0 bridgehead atoms. The van der Waals surface area contributed by atoms with Crippen LogP contribution in [0, 0.1) is 11.6 Å². The molecule has 0 spiro atoms. The third kappa shape index (κ3) is 2.92. The maximum Gasteiger partial charge on any atom is 0.338 e. The number of methoxy groups -OCH3 is 1. The number of carbonyl (C=O) groups is 1. The van der Waals surface area contributed by atoms with Gasteiger partial charge in [0.1, 0.15) is 0 Å². The van der Waals surface area contributed by atoms with Crippen molar-refractivity contribution in [2.24, 2.45) is 0 Å². The summed E-state index contributed by atoms with van der Waals surface area (Å²) in [5.41, 5.74) is 0.437. The van der Waals surface area contributed by atoms with Gasteiger partial charge in [0.25, 0.3) is 0 Å². The molecule has 0 aromatic heterocycles. The highest BCUT2D eigenvalue weighted by molar-refractivity contribution is 6.35. The lowest BCUT2D eigenvalue weighted by Gasteiger charge is -2.10. The lowest BCUT2D eigenvalue weighted by molar-refractivity contribution is 0.0601. The van der Waals surface area contributed by atoms with E-state index in [0.29, 0.717) is 15.6 Å². The van der Waals surface area contributed by atoms with E-state index in [-0.39, 0.29) is 11.1 Å². The number of ether oxygens (including phenoxy) is 1. The molecule has 0 saturated heterocycles. The average molecular weight is 317 g/mol. The predicted octanol–water partition coefficient (Wildman–Crippen LogP) is 4.73. The van der Waals surface area contributed by atoms with Crippen molar-refractivity contribution in [1.82, 2.24) is 0 Å². The summed E-state index contributed by atoms with van der Waals surface area (Å²) in [4.78, 5) is 11.7. The molecule has 0 saturated carbocycles. The maximum absolute atomic E-state index is 13.4. The van der Waals surface area contributed by atoms with E-state index in [1.807, 2.05) is 0 Å². The smallest absolute Gasteiger partial charge is 0.338 e. The molecule has 0 radical (unpaired) electrons. The summed E-state index contributed by atoms with van der Waals surface area (Å²) < 4.78 is 31.3. The number of hydrogen-bond donors (Lipinski definition) is 0. The number of rotatable bonds is 2. The van der Waals surface area contributed by atoms with Crippen LogP contribution in [0.5, 0.6) is 0 Å². The molecule has 20 heavy (non-hydrogen) atoms. The molecule has 0 N–H and O–H groups in total. The van der Waals surface area contributed by atoms with Crippen molar-refractivity contribution in [2.75, 3.05) is 7.11 Å². The van der Waals surface area contributed by atoms with Gasteiger partial charge in [0.15, 0.2) is 11.6 Å². The van der Waals surface area contributed by atoms with Gasteiger partial charge in [-0.25, -0.2) is 13.6 Å². The fraction of sp³-hybridized carbons (Fsp3) is 0.0714. The van der Waals surface area contributed by atoms with E-state index >= 15 is 0 Å². The van der Waals surface area contributed by atoms with Crippen molar-refractivity contribution in [3.63, 3.8) is 0 Å². The zero-order valence-corrected chi connectivity index (χ0v) is 11.7. The van der Waals surface area contributed by atoms with Crippen LogP contribution in [-0.4, -0.2) is 13.1 Å². The van der Waals surface area contributed by atoms with E-state index in [0.717, 1.165) is 19.2 Å². The first kappa shape index (κ1) is 14.8. The molecule has 0 aliphatic heterocycles. The van der Waals surface area contributed by atoms with Gasteiger partial charge in [-0.2, -0.15) is 0 Å². The Bertz CT molecular complexity index is 667. The van der Waals surface area contributed by atoms with Gasteiger partial charge >= 0.3 is 5.97 Å². The lowest BCUT2D eigenvalue weighted by Crippen LogP contribution is -2.05. The molecule has 2 rings (SSSR count). The zero-order valence-electron chi connectivity index (χ0n) is 10.2. The van der Waals surface area contributed by atoms with E-state index in [4.69, 9.17) is 23.2 Å². The Hall–Kier alpha value is -1.65. The second-order valence-electron chi connectivity index (χ2n) is 3.96. The molecule has 6 heteroatoms. The molecular formula is C14H8Cl2F2O2. The zero-order chi connectivity index (χ0) is 14.9. The minimum Gasteiger partial charge on any atom is -0.465 e. The molecular weight excluding hydrogens is 309 g/mol. The molecule has 0 fully saturated rings. The maximum atomic E-state index is 13.4. The highest BCUT2D eigenvalue weighted by atomic mass is 35.5. The first-order valence-corrected chi connectivity index (χ1v) is 6.22. The Morgan fingerprint density at radius 2 is 1.55 bits per heavy atom. The topological polar surface area (TPSA) is 26.3 Å². The quantitative estimate of drug-likeness (QED) is 0.749. The van der Waals surface area contributed by atoms with Crippen LogP contribution >= 0.6 is 23.2 Å². The molecule has 0 aliphatic rings. The monoisotopic (exact) mass is 316 g/mol. The van der Waals surface area contributed by atoms with Gasteiger partial charge in [0.05, 0.1) is 12.7 Å². The van der Waals surface area contributed by atoms with E-state index in [1.54, 1.807) is 0 Å². The number of benzene rings is 2. The first-order valence-electron chi connectivity index (χ1n) is 5.46. The van der Waals surface area contributed by atoms with Crippen LogP contribution in [-0.2, 0) is 4.74 Å². The van der Waals surface area contributed by atoms with E-state index in [2.05, 4.69) is 4.74 Å². The van der Waals surface area contributed by atoms with Gasteiger partial charge < -0.3 is 4.74 Å². The average Bonchev–Trinajstić information content (AvgIpc) is 2.39. The van der Waals surface area contributed by atoms with Crippen LogP contribution in [0.15, 0.2) is 30.3 Å². The molecule has 0 heterocycles. The Kier molecular flexibility index (Phi) is 4.26. The molecule has 2 aromatic rings. The summed E-state index contributed by atoms with van der Waals surface area (Å²) in [7, 11) is 1.15. The predicted molar refractivity (Wildman–Crippen MR) is 73.2 cm³/mol. The van der Waals surface area contributed by atoms with Crippen LogP contribution in [0.3, 0.4) is 0 Å². The van der Waals surface area contributed by atoms with Crippen LogP contribution in [0.2, 0.25) is 10.0 Å². The summed E-state index contributed by atoms with van der Waals surface area (Å²) in [5.74, 6) is -3.00. The Morgan fingerprint density at radius 3 is 2.10 bits per heavy atom. The fourth-order valence-corrected chi connectivity index (χ4v) is 2.30. The van der Waals surface area contributed by atoms with E-state index in [9.17, 15) is 13.6 Å². The highest BCUT2D eigenvalue weighted by Gasteiger charge is 2.18. The number of hydrogen-bond acceptors (Lipinski definition) is 2. The van der Waals surface area contributed by atoms with Gasteiger partial charge in [-0.05, 0) is 41.5 Å². The number of esters is 1. The SMILES string of the molecule is COC(=O)c1cc(F)c(F)cc1-c1cc(Cl)cc(Cl)c1. The largest absolute Gasteiger partial charge is 0.465 e. The van der Waals surface area contributed by atoms with Crippen LogP contribution in [0.25, 0.3) is 11.1 Å². The summed E-state index contributed by atoms with van der Waals surface area (Å²) >= 11 is 11.7. The van der Waals surface area contributed by atoms with Crippen molar-refractivity contribution in [2.45, 2.75) is 0 Å². The van der Waals surface area contributed by atoms with Crippen LogP contribution < -0.4 is 0 Å². The minimum absolute atomic E-state index is 0.107. The molecule has 0 atom stereocenters. The van der Waals surface area contributed by atoms with Crippen molar-refractivity contribution >= 4 is 29.2 Å². The second kappa shape index (κ2) is 5.77. The normalized spacial score (nSPS) is 10.4. The molecule has 2 nitrogen and oxygen atoms in total.